The van der Waals surface area contributed by atoms with Crippen LogP contribution in [0.15, 0.2) is 29.3 Å². The average Bonchev–Trinajstić information content (AvgIpc) is 2.60. The Morgan fingerprint density at radius 3 is 2.30 bits per heavy atom. The zero-order valence-electron chi connectivity index (χ0n) is 14.8. The molecule has 1 atom stereocenters. The number of thiocarbonyl (C=S) groups is 1. The van der Waals surface area contributed by atoms with Gasteiger partial charge in [0.25, 0.3) is 0 Å². The van der Waals surface area contributed by atoms with Crippen LogP contribution < -0.4 is 0 Å². The molecule has 0 amide bonds. The van der Waals surface area contributed by atoms with Crippen molar-refractivity contribution in [2.75, 3.05) is 0 Å². The molecule has 0 spiro atoms. The molecule has 0 N–H and O–H groups in total. The number of isothiocyanates is 1. The number of hydrogen-bond donors (Lipinski definition) is 0. The number of hydrogen-bond acceptors (Lipinski definition) is 2. The molecule has 0 aromatic heterocycles. The highest BCUT2D eigenvalue weighted by Crippen LogP contribution is 2.48. The van der Waals surface area contributed by atoms with Gasteiger partial charge in [-0.1, -0.05) is 64.5 Å². The molecule has 2 heteroatoms. The van der Waals surface area contributed by atoms with Crippen molar-refractivity contribution in [3.63, 3.8) is 0 Å². The second-order valence-electron chi connectivity index (χ2n) is 7.09. The monoisotopic (exact) mass is 329 g/mol. The molecule has 0 radical (unpaired) electrons. The molecule has 1 nitrogen and oxygen atoms in total. The highest BCUT2D eigenvalue weighted by atomic mass is 32.1. The van der Waals surface area contributed by atoms with Crippen LogP contribution in [0.5, 0.6) is 0 Å². The molecular formula is C21H31NS. The molecule has 1 aromatic rings. The minimum atomic E-state index is 0.392. The van der Waals surface area contributed by atoms with E-state index in [2.05, 4.69) is 48.3 Å². The summed E-state index contributed by atoms with van der Waals surface area (Å²) < 4.78 is 0. The first-order valence-corrected chi connectivity index (χ1v) is 9.86. The van der Waals surface area contributed by atoms with Gasteiger partial charge in [0, 0.05) is 0 Å². The van der Waals surface area contributed by atoms with Crippen LogP contribution in [0.3, 0.4) is 0 Å². The normalized spacial score (nSPS) is 18.2. The lowest BCUT2D eigenvalue weighted by Crippen LogP contribution is -2.37. The number of benzene rings is 1. The first-order chi connectivity index (χ1) is 11.3. The van der Waals surface area contributed by atoms with Gasteiger partial charge in [-0.05, 0) is 66.9 Å². The van der Waals surface area contributed by atoms with Gasteiger partial charge in [0.15, 0.2) is 0 Å². The quantitative estimate of drug-likeness (QED) is 0.362. The van der Waals surface area contributed by atoms with Gasteiger partial charge >= 0.3 is 0 Å². The zero-order valence-corrected chi connectivity index (χ0v) is 15.6. The van der Waals surface area contributed by atoms with E-state index in [-0.39, 0.29) is 0 Å². The van der Waals surface area contributed by atoms with Crippen molar-refractivity contribution in [2.24, 2.45) is 10.9 Å². The van der Waals surface area contributed by atoms with Crippen LogP contribution in [0.2, 0.25) is 0 Å². The Bertz CT molecular complexity index is 507. The molecule has 0 saturated heterocycles. The summed E-state index contributed by atoms with van der Waals surface area (Å²) in [5.74, 6) is 0.826. The van der Waals surface area contributed by atoms with Gasteiger partial charge in [0.05, 0.1) is 10.8 Å². The van der Waals surface area contributed by atoms with Crippen LogP contribution in [-0.2, 0) is 5.41 Å². The summed E-state index contributed by atoms with van der Waals surface area (Å²) in [6, 6.07) is 8.86. The Balaban J connectivity index is 2.34. The maximum Gasteiger partial charge on any atom is 0.0739 e. The first-order valence-electron chi connectivity index (χ1n) is 9.45. The fraction of sp³-hybridized carbons (Fsp3) is 0.667. The van der Waals surface area contributed by atoms with Gasteiger partial charge in [-0.15, -0.1) is 0 Å². The smallest absolute Gasteiger partial charge is 0.0739 e. The molecule has 126 valence electrons. The SMILES string of the molecule is CCCCC(CCC)C1(c2ccc(N=C=S)cc2)CCCCC1. The molecule has 0 aliphatic heterocycles. The van der Waals surface area contributed by atoms with E-state index in [0.29, 0.717) is 5.41 Å². The maximum absolute atomic E-state index is 4.72. The average molecular weight is 330 g/mol. The fourth-order valence-corrected chi connectivity index (χ4v) is 4.64. The van der Waals surface area contributed by atoms with Crippen LogP contribution in [-0.4, -0.2) is 5.16 Å². The van der Waals surface area contributed by atoms with E-state index in [1.807, 2.05) is 0 Å². The Morgan fingerprint density at radius 2 is 1.74 bits per heavy atom. The van der Waals surface area contributed by atoms with Crippen LogP contribution in [0.25, 0.3) is 0 Å². The summed E-state index contributed by atoms with van der Waals surface area (Å²) in [7, 11) is 0. The van der Waals surface area contributed by atoms with Gasteiger partial charge in [-0.2, -0.15) is 4.99 Å². The Hall–Kier alpha value is -0.980. The summed E-state index contributed by atoms with van der Waals surface area (Å²) in [6.07, 6.45) is 13.6. The van der Waals surface area contributed by atoms with E-state index in [1.54, 1.807) is 0 Å². The molecule has 1 aliphatic rings. The molecule has 0 heterocycles. The van der Waals surface area contributed by atoms with Gasteiger partial charge in [0.2, 0.25) is 0 Å². The minimum Gasteiger partial charge on any atom is -0.195 e. The summed E-state index contributed by atoms with van der Waals surface area (Å²) in [6.45, 7) is 4.65. The highest BCUT2D eigenvalue weighted by molar-refractivity contribution is 7.78. The van der Waals surface area contributed by atoms with Gasteiger partial charge in [-0.25, -0.2) is 0 Å². The van der Waals surface area contributed by atoms with Gasteiger partial charge in [-0.3, -0.25) is 0 Å². The second-order valence-corrected chi connectivity index (χ2v) is 7.28. The molecular weight excluding hydrogens is 298 g/mol. The summed E-state index contributed by atoms with van der Waals surface area (Å²) in [5, 5.41) is 2.47. The molecule has 23 heavy (non-hydrogen) atoms. The Kier molecular flexibility index (Phi) is 7.46. The van der Waals surface area contributed by atoms with Crippen LogP contribution in [0.1, 0.15) is 83.6 Å². The second kappa shape index (κ2) is 9.35. The molecule has 1 fully saturated rings. The van der Waals surface area contributed by atoms with Crippen LogP contribution >= 0.6 is 12.2 Å². The summed E-state index contributed by atoms with van der Waals surface area (Å²) >= 11 is 4.72. The topological polar surface area (TPSA) is 12.4 Å². The lowest BCUT2D eigenvalue weighted by atomic mass is 9.60. The fourth-order valence-electron chi connectivity index (χ4n) is 4.53. The molecule has 2 rings (SSSR count). The van der Waals surface area contributed by atoms with E-state index in [4.69, 9.17) is 12.2 Å². The zero-order chi connectivity index (χ0) is 16.5. The van der Waals surface area contributed by atoms with Crippen molar-refractivity contribution in [1.29, 1.82) is 0 Å². The van der Waals surface area contributed by atoms with E-state index in [1.165, 1.54) is 69.8 Å². The van der Waals surface area contributed by atoms with Crippen molar-refractivity contribution in [1.82, 2.24) is 0 Å². The largest absolute Gasteiger partial charge is 0.195 e. The third kappa shape index (κ3) is 4.52. The predicted octanol–water partition coefficient (Wildman–Crippen LogP) is 7.23. The van der Waals surface area contributed by atoms with Gasteiger partial charge in [0.1, 0.15) is 0 Å². The molecule has 1 aromatic carbocycles. The van der Waals surface area contributed by atoms with Crippen molar-refractivity contribution in [3.8, 4) is 0 Å². The maximum atomic E-state index is 4.72. The number of rotatable bonds is 8. The highest BCUT2D eigenvalue weighted by Gasteiger charge is 2.40. The number of nitrogens with zero attached hydrogens (tertiary/aromatic N) is 1. The number of unbranched alkanes of at least 4 members (excludes halogenated alkanes) is 1. The lowest BCUT2D eigenvalue weighted by molar-refractivity contribution is 0.166. The van der Waals surface area contributed by atoms with Crippen molar-refractivity contribution < 1.29 is 0 Å². The van der Waals surface area contributed by atoms with Crippen molar-refractivity contribution in [3.05, 3.63) is 29.8 Å². The van der Waals surface area contributed by atoms with E-state index in [0.717, 1.165) is 11.6 Å². The number of aliphatic imine (C=N–C) groups is 1. The van der Waals surface area contributed by atoms with E-state index < -0.39 is 0 Å². The first kappa shape index (κ1) is 18.4. The third-order valence-electron chi connectivity index (χ3n) is 5.69. The predicted molar refractivity (Wildman–Crippen MR) is 104 cm³/mol. The van der Waals surface area contributed by atoms with E-state index in [9.17, 15) is 0 Å². The van der Waals surface area contributed by atoms with Crippen molar-refractivity contribution >= 4 is 23.1 Å². The summed E-state index contributed by atoms with van der Waals surface area (Å²) in [5.41, 5.74) is 2.86. The molecule has 1 aliphatic carbocycles. The van der Waals surface area contributed by atoms with Crippen LogP contribution in [0, 0.1) is 5.92 Å². The summed E-state index contributed by atoms with van der Waals surface area (Å²) in [4.78, 5) is 4.11. The molecule has 1 saturated carbocycles. The molecule has 1 unspecified atom stereocenters. The Labute approximate surface area is 147 Å². The molecule has 0 bridgehead atoms. The minimum absolute atomic E-state index is 0.392. The lowest BCUT2D eigenvalue weighted by Gasteiger charge is -2.45. The van der Waals surface area contributed by atoms with Crippen LogP contribution in [0.4, 0.5) is 5.69 Å². The van der Waals surface area contributed by atoms with Gasteiger partial charge < -0.3 is 0 Å². The standard InChI is InChI=1S/C21H31NS/c1-3-5-10-18(9-4-2)21(15-7-6-8-16-21)19-11-13-20(14-12-19)22-17-23/h11-14,18H,3-10,15-16H2,1-2H3. The van der Waals surface area contributed by atoms with E-state index >= 15 is 0 Å². The van der Waals surface area contributed by atoms with Crippen molar-refractivity contribution in [2.45, 2.75) is 83.5 Å². The third-order valence-corrected chi connectivity index (χ3v) is 5.78. The Morgan fingerprint density at radius 1 is 1.04 bits per heavy atom.